The number of carbonyl (C=O) groups excluding carboxylic acids is 4. The molecule has 0 amide bonds. The molecule has 0 N–H and O–H groups in total. The van der Waals surface area contributed by atoms with Crippen LogP contribution in [0.25, 0.3) is 0 Å². The summed E-state index contributed by atoms with van der Waals surface area (Å²) >= 11 is 0. The Morgan fingerprint density at radius 1 is 0.800 bits per heavy atom. The van der Waals surface area contributed by atoms with Crippen LogP contribution in [0.15, 0.2) is 49.1 Å². The van der Waals surface area contributed by atoms with Crippen molar-refractivity contribution in [3.05, 3.63) is 56.5 Å². The predicted octanol–water partition coefficient (Wildman–Crippen LogP) is 5.73. The summed E-state index contributed by atoms with van der Waals surface area (Å²) in [6.07, 6.45) is 3.09. The molecule has 0 bridgehead atoms. The van der Waals surface area contributed by atoms with Gasteiger partial charge in [0.2, 0.25) is 0 Å². The first-order valence-corrected chi connectivity index (χ1v) is 10.7. The third kappa shape index (κ3) is 38.4. The summed E-state index contributed by atoms with van der Waals surface area (Å²) in [7, 11) is 1.31. The van der Waals surface area contributed by atoms with E-state index in [0.717, 1.165) is 18.9 Å². The SMILES string of the molecule is C=C(C)C(=O)OC(C)(C)C.C=C(C)C(=O)OCC.C=C(C)C(=O)OCCCC.C=CC(=O)OC.[CH3]. The molecule has 35 heavy (non-hydrogen) atoms. The molecule has 0 saturated carbocycles. The van der Waals surface area contributed by atoms with Gasteiger partial charge in [-0.3, -0.25) is 0 Å². The van der Waals surface area contributed by atoms with Crippen LogP contribution in [0.1, 0.15) is 68.2 Å². The van der Waals surface area contributed by atoms with E-state index in [1.165, 1.54) is 7.11 Å². The molecule has 0 aliphatic heterocycles. The molecule has 0 aliphatic carbocycles. The van der Waals surface area contributed by atoms with Gasteiger partial charge in [0.15, 0.2) is 0 Å². The van der Waals surface area contributed by atoms with E-state index in [4.69, 9.17) is 9.47 Å². The number of ether oxygens (including phenoxy) is 4. The molecule has 8 heteroatoms. The average molecular weight is 500 g/mol. The van der Waals surface area contributed by atoms with Gasteiger partial charge in [0.25, 0.3) is 0 Å². The van der Waals surface area contributed by atoms with Gasteiger partial charge in [0.05, 0.1) is 20.3 Å². The highest BCUT2D eigenvalue weighted by atomic mass is 16.6. The zero-order chi connectivity index (χ0) is 27.9. The minimum atomic E-state index is -0.407. The standard InChI is InChI=1S/2C8H14O2.C6H10O2.C4H6O2.CH3/c1-6(2)7(9)10-8(3,4)5;1-4-5-6-10-8(9)7(2)3;1-4-8-6(7)5(2)3;1-3-4(5)6-2;/h1H2,2-5H3;2,4-6H2,1,3H3;2,4H2,1,3H3;3H,1H2,2H3;1H3. The van der Waals surface area contributed by atoms with Crippen LogP contribution in [0.3, 0.4) is 0 Å². The zero-order valence-electron chi connectivity index (χ0n) is 23.5. The van der Waals surface area contributed by atoms with Gasteiger partial charge in [0, 0.05) is 22.8 Å². The van der Waals surface area contributed by atoms with E-state index >= 15 is 0 Å². The number of hydrogen-bond acceptors (Lipinski definition) is 8. The minimum absolute atomic E-state index is 0. The first kappa shape index (κ1) is 42.0. The smallest absolute Gasteiger partial charge is 0.333 e. The molecule has 0 aromatic carbocycles. The second-order valence-electron chi connectivity index (χ2n) is 7.78. The average Bonchev–Trinajstić information content (AvgIpc) is 2.73. The summed E-state index contributed by atoms with van der Waals surface area (Å²) in [5.74, 6) is -1.32. The second-order valence-corrected chi connectivity index (χ2v) is 7.78. The Hall–Kier alpha value is -3.16. The van der Waals surface area contributed by atoms with Crippen molar-refractivity contribution in [1.29, 1.82) is 0 Å². The molecular weight excluding hydrogens is 452 g/mol. The van der Waals surface area contributed by atoms with Gasteiger partial charge >= 0.3 is 23.9 Å². The van der Waals surface area contributed by atoms with Crippen molar-refractivity contribution in [1.82, 2.24) is 0 Å². The maximum Gasteiger partial charge on any atom is 0.333 e. The predicted molar refractivity (Wildman–Crippen MR) is 141 cm³/mol. The van der Waals surface area contributed by atoms with Crippen LogP contribution < -0.4 is 0 Å². The molecule has 1 radical (unpaired) electrons. The van der Waals surface area contributed by atoms with Gasteiger partial charge in [-0.05, 0) is 54.9 Å². The molecule has 0 spiro atoms. The fraction of sp³-hybridized carbons (Fsp3) is 0.519. The Bertz CT molecular complexity index is 682. The highest BCUT2D eigenvalue weighted by molar-refractivity contribution is 5.87. The molecule has 0 atom stereocenters. The monoisotopic (exact) mass is 499 g/mol. The lowest BCUT2D eigenvalue weighted by Crippen LogP contribution is -2.23. The maximum atomic E-state index is 10.8. The van der Waals surface area contributed by atoms with E-state index in [9.17, 15) is 19.2 Å². The number of methoxy groups -OCH3 is 1. The van der Waals surface area contributed by atoms with Gasteiger partial charge in [-0.15, -0.1) is 0 Å². The van der Waals surface area contributed by atoms with Crippen molar-refractivity contribution >= 4 is 23.9 Å². The zero-order valence-corrected chi connectivity index (χ0v) is 23.5. The van der Waals surface area contributed by atoms with Crippen LogP contribution in [0.5, 0.6) is 0 Å². The first-order chi connectivity index (χ1) is 15.5. The minimum Gasteiger partial charge on any atom is -0.466 e. The van der Waals surface area contributed by atoms with E-state index in [1.807, 2.05) is 20.8 Å². The summed E-state index contributed by atoms with van der Waals surface area (Å²) in [4.78, 5) is 41.8. The highest BCUT2D eigenvalue weighted by Crippen LogP contribution is 2.09. The summed E-state index contributed by atoms with van der Waals surface area (Å²) in [6.45, 7) is 28.6. The lowest BCUT2D eigenvalue weighted by Gasteiger charge is -2.19. The quantitative estimate of drug-likeness (QED) is 0.180. The van der Waals surface area contributed by atoms with Crippen LogP contribution in [-0.4, -0.2) is 49.8 Å². The number of unbranched alkanes of at least 4 members (excludes halogenated alkanes) is 1. The lowest BCUT2D eigenvalue weighted by molar-refractivity contribution is -0.149. The van der Waals surface area contributed by atoms with E-state index in [-0.39, 0.29) is 25.3 Å². The molecule has 203 valence electrons. The highest BCUT2D eigenvalue weighted by Gasteiger charge is 2.15. The van der Waals surface area contributed by atoms with Gasteiger partial charge in [0.1, 0.15) is 5.60 Å². The molecule has 0 heterocycles. The van der Waals surface area contributed by atoms with Crippen LogP contribution >= 0.6 is 0 Å². The molecule has 0 unspecified atom stereocenters. The maximum absolute atomic E-state index is 10.8. The summed E-state index contributed by atoms with van der Waals surface area (Å²) in [6, 6.07) is 0. The van der Waals surface area contributed by atoms with Crippen molar-refractivity contribution in [3.63, 3.8) is 0 Å². The van der Waals surface area contributed by atoms with E-state index in [0.29, 0.717) is 29.9 Å². The fourth-order valence-electron chi connectivity index (χ4n) is 1.14. The van der Waals surface area contributed by atoms with E-state index < -0.39 is 11.6 Å². The fourth-order valence-corrected chi connectivity index (χ4v) is 1.14. The van der Waals surface area contributed by atoms with Crippen molar-refractivity contribution in [3.8, 4) is 0 Å². The Labute approximate surface area is 213 Å². The van der Waals surface area contributed by atoms with Gasteiger partial charge < -0.3 is 18.9 Å². The van der Waals surface area contributed by atoms with Crippen LogP contribution in [0.2, 0.25) is 0 Å². The topological polar surface area (TPSA) is 105 Å². The molecule has 0 aromatic heterocycles. The van der Waals surface area contributed by atoms with Crippen LogP contribution in [0, 0.1) is 7.43 Å². The normalized spacial score (nSPS) is 8.71. The molecular formula is C27H47O8. The molecule has 0 saturated heterocycles. The number of carbonyl (C=O) groups is 4. The van der Waals surface area contributed by atoms with Crippen molar-refractivity contribution < 1.29 is 38.1 Å². The van der Waals surface area contributed by atoms with Crippen LogP contribution in [0.4, 0.5) is 0 Å². The van der Waals surface area contributed by atoms with Crippen LogP contribution in [-0.2, 0) is 38.1 Å². The number of hydrogen-bond donors (Lipinski definition) is 0. The molecule has 0 aromatic rings. The Balaban J connectivity index is -0.000000115. The van der Waals surface area contributed by atoms with E-state index in [2.05, 4.69) is 42.7 Å². The molecule has 0 fully saturated rings. The largest absolute Gasteiger partial charge is 0.466 e. The number of esters is 4. The van der Waals surface area contributed by atoms with Gasteiger partial charge in [-0.2, -0.15) is 0 Å². The Kier molecular flexibility index (Phi) is 30.6. The Morgan fingerprint density at radius 2 is 1.20 bits per heavy atom. The lowest BCUT2D eigenvalue weighted by atomic mass is 10.2. The number of rotatable bonds is 8. The van der Waals surface area contributed by atoms with E-state index in [1.54, 1.807) is 27.7 Å². The third-order valence-corrected chi connectivity index (χ3v) is 2.82. The van der Waals surface area contributed by atoms with Gasteiger partial charge in [-0.25, -0.2) is 19.2 Å². The first-order valence-electron chi connectivity index (χ1n) is 10.7. The summed E-state index contributed by atoms with van der Waals surface area (Å²) in [5, 5.41) is 0. The summed E-state index contributed by atoms with van der Waals surface area (Å²) < 4.78 is 18.5. The molecule has 0 aliphatic rings. The van der Waals surface area contributed by atoms with Gasteiger partial charge in [-0.1, -0.05) is 47.1 Å². The van der Waals surface area contributed by atoms with Crippen molar-refractivity contribution in [2.24, 2.45) is 0 Å². The molecule has 8 nitrogen and oxygen atoms in total. The molecule has 0 rings (SSSR count). The second kappa shape index (κ2) is 25.5. The van der Waals surface area contributed by atoms with Crippen molar-refractivity contribution in [2.75, 3.05) is 20.3 Å². The van der Waals surface area contributed by atoms with Crippen molar-refractivity contribution in [2.45, 2.75) is 73.8 Å². The summed E-state index contributed by atoms with van der Waals surface area (Å²) in [5.41, 5.74) is 0.952. The Morgan fingerprint density at radius 3 is 1.37 bits per heavy atom. The third-order valence-electron chi connectivity index (χ3n) is 2.82.